The Morgan fingerprint density at radius 2 is 2.20 bits per heavy atom. The lowest BCUT2D eigenvalue weighted by Crippen LogP contribution is -2.01. The zero-order chi connectivity index (χ0) is 7.23. The van der Waals surface area contributed by atoms with Crippen LogP contribution in [0.25, 0.3) is 0 Å². The molecule has 1 nitrogen and oxygen atoms in total. The molecule has 1 unspecified atom stereocenters. The summed E-state index contributed by atoms with van der Waals surface area (Å²) in [6.07, 6.45) is 11.1. The molecule has 0 aromatic heterocycles. The van der Waals surface area contributed by atoms with Gasteiger partial charge in [-0.25, -0.2) is 0 Å². The lowest BCUT2D eigenvalue weighted by atomic mass is 9.96. The Balaban J connectivity index is 2.37. The first-order chi connectivity index (χ1) is 4.93. The maximum absolute atomic E-state index is 10.4. The second-order valence-electron chi connectivity index (χ2n) is 2.89. The van der Waals surface area contributed by atoms with Gasteiger partial charge in [0, 0.05) is 5.92 Å². The average Bonchev–Trinajstić information content (AvgIpc) is 1.87. The van der Waals surface area contributed by atoms with Gasteiger partial charge in [-0.05, 0) is 25.7 Å². The van der Waals surface area contributed by atoms with E-state index in [0.717, 1.165) is 19.1 Å². The first-order valence-corrected chi connectivity index (χ1v) is 4.04. The van der Waals surface area contributed by atoms with Gasteiger partial charge < -0.3 is 4.79 Å². The van der Waals surface area contributed by atoms with Crippen molar-refractivity contribution in [2.75, 3.05) is 0 Å². The van der Waals surface area contributed by atoms with Gasteiger partial charge >= 0.3 is 0 Å². The largest absolute Gasteiger partial charge is 0.303 e. The Bertz CT molecular complexity index is 127. The van der Waals surface area contributed by atoms with E-state index in [4.69, 9.17) is 0 Å². The molecule has 1 rings (SSSR count). The van der Waals surface area contributed by atoms with Gasteiger partial charge in [-0.2, -0.15) is 0 Å². The first kappa shape index (κ1) is 7.52. The smallest absolute Gasteiger partial charge is 0.123 e. The van der Waals surface area contributed by atoms with Crippen molar-refractivity contribution in [2.45, 2.75) is 32.1 Å². The molecule has 1 aliphatic rings. The van der Waals surface area contributed by atoms with E-state index in [1.54, 1.807) is 0 Å². The van der Waals surface area contributed by atoms with Crippen LogP contribution in [0, 0.1) is 5.92 Å². The molecule has 0 aliphatic heterocycles. The Hall–Kier alpha value is -0.590. The maximum atomic E-state index is 10.4. The molecule has 0 aromatic carbocycles. The first-order valence-electron chi connectivity index (χ1n) is 4.04. The summed E-state index contributed by atoms with van der Waals surface area (Å²) in [6, 6.07) is 0. The van der Waals surface area contributed by atoms with Crippen LogP contribution in [0.1, 0.15) is 32.1 Å². The molecule has 1 aliphatic carbocycles. The van der Waals surface area contributed by atoms with Crippen molar-refractivity contribution in [2.24, 2.45) is 5.92 Å². The highest BCUT2D eigenvalue weighted by molar-refractivity contribution is 5.53. The zero-order valence-electron chi connectivity index (χ0n) is 6.25. The fourth-order valence-electron chi connectivity index (χ4n) is 1.30. The highest BCUT2D eigenvalue weighted by Crippen LogP contribution is 2.15. The summed E-state index contributed by atoms with van der Waals surface area (Å²) in [5, 5.41) is 0. The van der Waals surface area contributed by atoms with Gasteiger partial charge in [-0.3, -0.25) is 0 Å². The predicted molar refractivity (Wildman–Crippen MR) is 41.8 cm³/mol. The van der Waals surface area contributed by atoms with Crippen LogP contribution in [0.5, 0.6) is 0 Å². The standard InChI is InChI=1S/C9H14O/c10-8-9-6-4-2-1-3-5-7-9/h2,4,8-9H,1,3,5-7H2. The minimum Gasteiger partial charge on any atom is -0.303 e. The van der Waals surface area contributed by atoms with Crippen LogP contribution >= 0.6 is 0 Å². The Morgan fingerprint density at radius 3 is 3.00 bits per heavy atom. The number of rotatable bonds is 1. The number of hydrogen-bond acceptors (Lipinski definition) is 1. The van der Waals surface area contributed by atoms with E-state index in [-0.39, 0.29) is 0 Å². The van der Waals surface area contributed by atoms with Gasteiger partial charge in [0.15, 0.2) is 0 Å². The molecule has 0 bridgehead atoms. The van der Waals surface area contributed by atoms with Gasteiger partial charge in [0.05, 0.1) is 0 Å². The molecule has 0 saturated heterocycles. The third-order valence-corrected chi connectivity index (χ3v) is 1.99. The molecule has 0 amide bonds. The van der Waals surface area contributed by atoms with Crippen molar-refractivity contribution in [1.29, 1.82) is 0 Å². The molecular weight excluding hydrogens is 124 g/mol. The summed E-state index contributed by atoms with van der Waals surface area (Å²) in [7, 11) is 0. The van der Waals surface area contributed by atoms with Crippen molar-refractivity contribution in [1.82, 2.24) is 0 Å². The molecule has 0 spiro atoms. The van der Waals surface area contributed by atoms with E-state index in [0.29, 0.717) is 5.92 Å². The summed E-state index contributed by atoms with van der Waals surface area (Å²) in [5.41, 5.74) is 0. The fraction of sp³-hybridized carbons (Fsp3) is 0.667. The maximum Gasteiger partial charge on any atom is 0.123 e. The summed E-state index contributed by atoms with van der Waals surface area (Å²) in [6.45, 7) is 0. The van der Waals surface area contributed by atoms with Gasteiger partial charge in [-0.15, -0.1) is 0 Å². The van der Waals surface area contributed by atoms with E-state index in [1.165, 1.54) is 19.3 Å². The molecule has 0 N–H and O–H groups in total. The van der Waals surface area contributed by atoms with Crippen LogP contribution in [0.2, 0.25) is 0 Å². The van der Waals surface area contributed by atoms with Crippen molar-refractivity contribution >= 4 is 6.29 Å². The van der Waals surface area contributed by atoms with E-state index in [1.807, 2.05) is 0 Å². The van der Waals surface area contributed by atoms with E-state index in [9.17, 15) is 4.79 Å². The molecule has 10 heavy (non-hydrogen) atoms. The fourth-order valence-corrected chi connectivity index (χ4v) is 1.30. The van der Waals surface area contributed by atoms with Crippen LogP contribution in [-0.4, -0.2) is 6.29 Å². The normalized spacial score (nSPS) is 27.0. The topological polar surface area (TPSA) is 17.1 Å². The molecule has 0 saturated carbocycles. The van der Waals surface area contributed by atoms with Gasteiger partial charge in [-0.1, -0.05) is 18.6 Å². The SMILES string of the molecule is O=CC1CC=CCCCC1. The van der Waals surface area contributed by atoms with Gasteiger partial charge in [0.1, 0.15) is 6.29 Å². The molecular formula is C9H14O. The molecule has 0 fully saturated rings. The molecule has 0 aromatic rings. The number of carbonyl (C=O) groups excluding carboxylic acids is 1. The van der Waals surface area contributed by atoms with Crippen molar-refractivity contribution < 1.29 is 4.79 Å². The van der Waals surface area contributed by atoms with Gasteiger partial charge in [0.25, 0.3) is 0 Å². The minimum absolute atomic E-state index is 0.302. The van der Waals surface area contributed by atoms with Crippen molar-refractivity contribution in [3.05, 3.63) is 12.2 Å². The molecule has 0 radical (unpaired) electrons. The lowest BCUT2D eigenvalue weighted by molar-refractivity contribution is -0.111. The van der Waals surface area contributed by atoms with Crippen LogP contribution in [-0.2, 0) is 4.79 Å². The van der Waals surface area contributed by atoms with Crippen LogP contribution in [0.3, 0.4) is 0 Å². The Labute approximate surface area is 62.1 Å². The second-order valence-corrected chi connectivity index (χ2v) is 2.89. The van der Waals surface area contributed by atoms with E-state index in [2.05, 4.69) is 12.2 Å². The second kappa shape index (κ2) is 4.26. The van der Waals surface area contributed by atoms with E-state index >= 15 is 0 Å². The van der Waals surface area contributed by atoms with Crippen LogP contribution < -0.4 is 0 Å². The third-order valence-electron chi connectivity index (χ3n) is 1.99. The third kappa shape index (κ3) is 2.34. The molecule has 1 heteroatoms. The summed E-state index contributed by atoms with van der Waals surface area (Å²) < 4.78 is 0. The quantitative estimate of drug-likeness (QED) is 0.401. The molecule has 0 heterocycles. The van der Waals surface area contributed by atoms with Gasteiger partial charge in [0.2, 0.25) is 0 Å². The van der Waals surface area contributed by atoms with Crippen LogP contribution in [0.15, 0.2) is 12.2 Å². The average molecular weight is 138 g/mol. The highest BCUT2D eigenvalue weighted by Gasteiger charge is 2.05. The molecule has 56 valence electrons. The van der Waals surface area contributed by atoms with Crippen molar-refractivity contribution in [3.8, 4) is 0 Å². The minimum atomic E-state index is 0.302. The van der Waals surface area contributed by atoms with Crippen LogP contribution in [0.4, 0.5) is 0 Å². The Kier molecular flexibility index (Phi) is 3.20. The lowest BCUT2D eigenvalue weighted by Gasteiger charge is -2.08. The number of hydrogen-bond donors (Lipinski definition) is 0. The predicted octanol–water partition coefficient (Wildman–Crippen LogP) is 2.32. The summed E-state index contributed by atoms with van der Waals surface area (Å²) in [4.78, 5) is 10.4. The number of carbonyl (C=O) groups is 1. The zero-order valence-corrected chi connectivity index (χ0v) is 6.25. The Morgan fingerprint density at radius 1 is 1.30 bits per heavy atom. The van der Waals surface area contributed by atoms with Crippen molar-refractivity contribution in [3.63, 3.8) is 0 Å². The summed E-state index contributed by atoms with van der Waals surface area (Å²) in [5.74, 6) is 0.302. The highest BCUT2D eigenvalue weighted by atomic mass is 16.1. The monoisotopic (exact) mass is 138 g/mol. The summed E-state index contributed by atoms with van der Waals surface area (Å²) >= 11 is 0. The number of aldehydes is 1. The number of allylic oxidation sites excluding steroid dienone is 2. The molecule has 1 atom stereocenters. The van der Waals surface area contributed by atoms with E-state index < -0.39 is 0 Å².